The molecule has 1 saturated heterocycles. The molecule has 1 fully saturated rings. The van der Waals surface area contributed by atoms with Gasteiger partial charge >= 0.3 is 0 Å². The number of nitrogens with zero attached hydrogens (tertiary/aromatic N) is 3. The van der Waals surface area contributed by atoms with Crippen LogP contribution in [0.3, 0.4) is 0 Å². The Bertz CT molecular complexity index is 831. The van der Waals surface area contributed by atoms with Crippen molar-refractivity contribution in [2.24, 2.45) is 5.92 Å². The Labute approximate surface area is 166 Å². The highest BCUT2D eigenvalue weighted by atomic mass is 19.1. The summed E-state index contributed by atoms with van der Waals surface area (Å²) < 4.78 is 18.4. The van der Waals surface area contributed by atoms with Crippen LogP contribution in [0.1, 0.15) is 55.5 Å². The van der Waals surface area contributed by atoms with Gasteiger partial charge in [0, 0.05) is 43.2 Å². The maximum absolute atomic E-state index is 13.2. The van der Waals surface area contributed by atoms with E-state index in [1.165, 1.54) is 12.1 Å². The van der Waals surface area contributed by atoms with E-state index in [-0.39, 0.29) is 22.9 Å². The van der Waals surface area contributed by atoms with E-state index in [1.807, 2.05) is 6.07 Å². The number of halogens is 1. The molecular formula is C22H28FN3O2. The Balaban J connectivity index is 1.84. The fourth-order valence-electron chi connectivity index (χ4n) is 3.45. The van der Waals surface area contributed by atoms with Crippen molar-refractivity contribution in [3.05, 3.63) is 53.2 Å². The van der Waals surface area contributed by atoms with Crippen LogP contribution in [-0.2, 0) is 16.8 Å². The summed E-state index contributed by atoms with van der Waals surface area (Å²) in [4.78, 5) is 24.5. The van der Waals surface area contributed by atoms with E-state index in [0.717, 1.165) is 36.7 Å². The molecule has 1 aromatic carbocycles. The molecule has 0 spiro atoms. The van der Waals surface area contributed by atoms with Crippen molar-refractivity contribution in [2.45, 2.75) is 45.6 Å². The SMILES string of the molecule is COCc1cc(N2CCCC(C(=O)c3ccc(F)cc3)C2)nc(C(C)(C)C)n1. The molecule has 1 aliphatic heterocycles. The van der Waals surface area contributed by atoms with Crippen molar-refractivity contribution in [3.63, 3.8) is 0 Å². The second-order valence-corrected chi connectivity index (χ2v) is 8.38. The zero-order chi connectivity index (χ0) is 20.3. The number of aromatic nitrogens is 2. The number of carbonyl (C=O) groups is 1. The Hall–Kier alpha value is -2.34. The third-order valence-electron chi connectivity index (χ3n) is 4.97. The molecule has 0 aliphatic carbocycles. The maximum atomic E-state index is 13.2. The van der Waals surface area contributed by atoms with Gasteiger partial charge in [-0.3, -0.25) is 4.79 Å². The first-order valence-corrected chi connectivity index (χ1v) is 9.70. The fourth-order valence-corrected chi connectivity index (χ4v) is 3.45. The Morgan fingerprint density at radius 3 is 2.61 bits per heavy atom. The van der Waals surface area contributed by atoms with Crippen molar-refractivity contribution in [3.8, 4) is 0 Å². The summed E-state index contributed by atoms with van der Waals surface area (Å²) in [6, 6.07) is 7.75. The largest absolute Gasteiger partial charge is 0.378 e. The third kappa shape index (κ3) is 4.73. The van der Waals surface area contributed by atoms with E-state index in [4.69, 9.17) is 9.72 Å². The van der Waals surface area contributed by atoms with Crippen molar-refractivity contribution in [1.29, 1.82) is 0 Å². The lowest BCUT2D eigenvalue weighted by Gasteiger charge is -2.33. The van der Waals surface area contributed by atoms with Gasteiger partial charge in [-0.05, 0) is 37.1 Å². The van der Waals surface area contributed by atoms with Gasteiger partial charge in [-0.2, -0.15) is 0 Å². The first-order valence-electron chi connectivity index (χ1n) is 9.70. The number of benzene rings is 1. The number of methoxy groups -OCH3 is 1. The monoisotopic (exact) mass is 385 g/mol. The van der Waals surface area contributed by atoms with Gasteiger partial charge in [-0.25, -0.2) is 14.4 Å². The molecule has 6 heteroatoms. The van der Waals surface area contributed by atoms with Gasteiger partial charge in [0.1, 0.15) is 17.5 Å². The van der Waals surface area contributed by atoms with E-state index in [9.17, 15) is 9.18 Å². The zero-order valence-electron chi connectivity index (χ0n) is 17.0. The number of hydrogen-bond donors (Lipinski definition) is 0. The highest BCUT2D eigenvalue weighted by molar-refractivity contribution is 5.98. The third-order valence-corrected chi connectivity index (χ3v) is 4.97. The van der Waals surface area contributed by atoms with Crippen LogP contribution in [0, 0.1) is 11.7 Å². The quantitative estimate of drug-likeness (QED) is 0.724. The van der Waals surface area contributed by atoms with Crippen molar-refractivity contribution in [2.75, 3.05) is 25.1 Å². The molecule has 0 amide bonds. The molecule has 1 atom stereocenters. The van der Waals surface area contributed by atoms with Gasteiger partial charge in [0.05, 0.1) is 12.3 Å². The van der Waals surface area contributed by atoms with Crippen LogP contribution in [0.4, 0.5) is 10.2 Å². The predicted molar refractivity (Wildman–Crippen MR) is 107 cm³/mol. The van der Waals surface area contributed by atoms with Crippen molar-refractivity contribution >= 4 is 11.6 Å². The average Bonchev–Trinajstić information content (AvgIpc) is 2.67. The van der Waals surface area contributed by atoms with Crippen LogP contribution in [0.15, 0.2) is 30.3 Å². The number of hydrogen-bond acceptors (Lipinski definition) is 5. The van der Waals surface area contributed by atoms with E-state index in [0.29, 0.717) is 18.7 Å². The maximum Gasteiger partial charge on any atom is 0.167 e. The summed E-state index contributed by atoms with van der Waals surface area (Å²) >= 11 is 0. The second kappa shape index (κ2) is 8.35. The number of anilines is 1. The predicted octanol–water partition coefficient (Wildman–Crippen LogP) is 4.16. The molecule has 150 valence electrons. The molecule has 1 aliphatic rings. The molecule has 2 heterocycles. The number of piperidine rings is 1. The lowest BCUT2D eigenvalue weighted by Crippen LogP contribution is -2.39. The van der Waals surface area contributed by atoms with Crippen LogP contribution in [-0.4, -0.2) is 36.0 Å². The summed E-state index contributed by atoms with van der Waals surface area (Å²) in [5.41, 5.74) is 1.22. The number of ketones is 1. The van der Waals surface area contributed by atoms with Crippen LogP contribution in [0.2, 0.25) is 0 Å². The molecule has 0 saturated carbocycles. The summed E-state index contributed by atoms with van der Waals surface area (Å²) in [6.07, 6.45) is 1.74. The highest BCUT2D eigenvalue weighted by Crippen LogP contribution is 2.27. The van der Waals surface area contributed by atoms with Crippen molar-refractivity contribution in [1.82, 2.24) is 9.97 Å². The lowest BCUT2D eigenvalue weighted by atomic mass is 9.90. The molecule has 0 radical (unpaired) electrons. The summed E-state index contributed by atoms with van der Waals surface area (Å²) in [5, 5.41) is 0. The smallest absolute Gasteiger partial charge is 0.167 e. The van der Waals surface area contributed by atoms with Crippen LogP contribution in [0.5, 0.6) is 0 Å². The Morgan fingerprint density at radius 1 is 1.25 bits per heavy atom. The number of Topliss-reactive ketones (excluding diaryl/α,β-unsaturated/α-hetero) is 1. The standard InChI is InChI=1S/C22H28FN3O2/c1-22(2,3)21-24-18(14-28-4)12-19(25-21)26-11-5-6-16(13-26)20(27)15-7-9-17(23)10-8-15/h7-10,12,16H,5-6,11,13-14H2,1-4H3. The minimum atomic E-state index is -0.330. The molecule has 0 bridgehead atoms. The number of carbonyl (C=O) groups excluding carboxylic acids is 1. The first kappa shape index (κ1) is 20.4. The molecule has 5 nitrogen and oxygen atoms in total. The van der Waals surface area contributed by atoms with Crippen LogP contribution >= 0.6 is 0 Å². The topological polar surface area (TPSA) is 55.3 Å². The molecule has 28 heavy (non-hydrogen) atoms. The lowest BCUT2D eigenvalue weighted by molar-refractivity contribution is 0.0907. The molecule has 0 N–H and O–H groups in total. The molecule has 2 aromatic rings. The normalized spacial score (nSPS) is 17.6. The average molecular weight is 385 g/mol. The molecular weight excluding hydrogens is 357 g/mol. The Morgan fingerprint density at radius 2 is 1.96 bits per heavy atom. The highest BCUT2D eigenvalue weighted by Gasteiger charge is 2.28. The minimum absolute atomic E-state index is 0.0620. The number of ether oxygens (including phenoxy) is 1. The molecule has 3 rings (SSSR count). The van der Waals surface area contributed by atoms with Gasteiger partial charge in [0.25, 0.3) is 0 Å². The van der Waals surface area contributed by atoms with Gasteiger partial charge in [0.15, 0.2) is 5.78 Å². The fraction of sp³-hybridized carbons (Fsp3) is 0.500. The number of rotatable bonds is 5. The minimum Gasteiger partial charge on any atom is -0.378 e. The summed E-state index contributed by atoms with van der Waals surface area (Å²) in [5.74, 6) is 1.21. The van der Waals surface area contributed by atoms with E-state index in [2.05, 4.69) is 30.7 Å². The summed E-state index contributed by atoms with van der Waals surface area (Å²) in [7, 11) is 1.65. The van der Waals surface area contributed by atoms with Gasteiger partial charge < -0.3 is 9.64 Å². The van der Waals surface area contributed by atoms with Crippen molar-refractivity contribution < 1.29 is 13.9 Å². The van der Waals surface area contributed by atoms with E-state index < -0.39 is 0 Å². The molecule has 1 aromatic heterocycles. The van der Waals surface area contributed by atoms with Gasteiger partial charge in [-0.1, -0.05) is 20.8 Å². The van der Waals surface area contributed by atoms with Gasteiger partial charge in [0.2, 0.25) is 0 Å². The van der Waals surface area contributed by atoms with Crippen LogP contribution < -0.4 is 4.90 Å². The van der Waals surface area contributed by atoms with Crippen LogP contribution in [0.25, 0.3) is 0 Å². The van der Waals surface area contributed by atoms with E-state index in [1.54, 1.807) is 19.2 Å². The Kier molecular flexibility index (Phi) is 6.08. The summed E-state index contributed by atoms with van der Waals surface area (Å²) in [6.45, 7) is 8.12. The van der Waals surface area contributed by atoms with Gasteiger partial charge in [-0.15, -0.1) is 0 Å². The molecule has 1 unspecified atom stereocenters. The van der Waals surface area contributed by atoms with E-state index >= 15 is 0 Å². The second-order valence-electron chi connectivity index (χ2n) is 8.38. The first-order chi connectivity index (χ1) is 13.3. The zero-order valence-corrected chi connectivity index (χ0v) is 17.0.